The lowest BCUT2D eigenvalue weighted by Crippen LogP contribution is -2.39. The standard InChI is InChI=1S/C22H27FN2/c1-25(2)15-13-21(18-8-10-20(23)11-9-18)22-16-19(12-14-24-22)17-6-4-3-5-7-17/h3-12,21-22,24H,13-16H2,1-2H3. The Morgan fingerprint density at radius 1 is 1.08 bits per heavy atom. The Bertz CT molecular complexity index is 692. The first-order valence-corrected chi connectivity index (χ1v) is 9.01. The van der Waals surface area contributed by atoms with E-state index in [1.807, 2.05) is 12.1 Å². The lowest BCUT2D eigenvalue weighted by Gasteiger charge is -2.33. The Hall–Kier alpha value is -1.97. The van der Waals surface area contributed by atoms with Gasteiger partial charge in [0, 0.05) is 18.5 Å². The predicted octanol–water partition coefficient (Wildman–Crippen LogP) is 4.31. The number of hydrogen-bond donors (Lipinski definition) is 1. The highest BCUT2D eigenvalue weighted by Crippen LogP contribution is 2.32. The zero-order valence-electron chi connectivity index (χ0n) is 15.1. The van der Waals surface area contributed by atoms with E-state index in [0.717, 1.165) is 25.9 Å². The van der Waals surface area contributed by atoms with Crippen molar-refractivity contribution in [1.29, 1.82) is 0 Å². The second-order valence-electron chi connectivity index (χ2n) is 7.06. The molecule has 1 aliphatic rings. The first kappa shape index (κ1) is 17.8. The molecule has 0 saturated carbocycles. The Morgan fingerprint density at radius 3 is 2.48 bits per heavy atom. The highest BCUT2D eigenvalue weighted by molar-refractivity contribution is 5.67. The van der Waals surface area contributed by atoms with Gasteiger partial charge < -0.3 is 10.2 Å². The molecule has 25 heavy (non-hydrogen) atoms. The molecule has 132 valence electrons. The number of benzene rings is 2. The fourth-order valence-electron chi connectivity index (χ4n) is 3.61. The van der Waals surface area contributed by atoms with Gasteiger partial charge in [-0.25, -0.2) is 4.39 Å². The van der Waals surface area contributed by atoms with Crippen molar-refractivity contribution in [2.24, 2.45) is 0 Å². The van der Waals surface area contributed by atoms with Crippen LogP contribution in [0.25, 0.3) is 5.57 Å². The second kappa shape index (κ2) is 8.41. The third-order valence-electron chi connectivity index (χ3n) is 4.98. The maximum absolute atomic E-state index is 13.4. The number of nitrogens with zero attached hydrogens (tertiary/aromatic N) is 1. The predicted molar refractivity (Wildman–Crippen MR) is 103 cm³/mol. The van der Waals surface area contributed by atoms with Gasteiger partial charge in [-0.1, -0.05) is 48.5 Å². The number of nitrogens with one attached hydrogen (secondary N) is 1. The fraction of sp³-hybridized carbons (Fsp3) is 0.364. The van der Waals surface area contributed by atoms with Crippen LogP contribution in [0, 0.1) is 5.82 Å². The van der Waals surface area contributed by atoms with Gasteiger partial charge in [0.2, 0.25) is 0 Å². The molecule has 0 amide bonds. The van der Waals surface area contributed by atoms with Gasteiger partial charge in [0.25, 0.3) is 0 Å². The third kappa shape index (κ3) is 4.77. The van der Waals surface area contributed by atoms with Gasteiger partial charge in [0.1, 0.15) is 5.82 Å². The smallest absolute Gasteiger partial charge is 0.123 e. The summed E-state index contributed by atoms with van der Waals surface area (Å²) in [5.74, 6) is 0.201. The minimum absolute atomic E-state index is 0.170. The zero-order chi connectivity index (χ0) is 17.6. The minimum Gasteiger partial charge on any atom is -0.310 e. The van der Waals surface area contributed by atoms with Gasteiger partial charge in [0.15, 0.2) is 0 Å². The highest BCUT2D eigenvalue weighted by atomic mass is 19.1. The normalized spacial score (nSPS) is 18.9. The summed E-state index contributed by atoms with van der Waals surface area (Å²) in [5, 5.41) is 3.67. The molecule has 2 unspecified atom stereocenters. The molecule has 0 spiro atoms. The molecular weight excluding hydrogens is 311 g/mol. The lowest BCUT2D eigenvalue weighted by molar-refractivity contribution is 0.344. The number of halogens is 1. The van der Waals surface area contributed by atoms with E-state index in [4.69, 9.17) is 0 Å². The summed E-state index contributed by atoms with van der Waals surface area (Å²) >= 11 is 0. The molecule has 0 saturated heterocycles. The summed E-state index contributed by atoms with van der Waals surface area (Å²) < 4.78 is 13.4. The average molecular weight is 338 g/mol. The van der Waals surface area contributed by atoms with E-state index in [9.17, 15) is 4.39 Å². The van der Waals surface area contributed by atoms with Gasteiger partial charge in [-0.05, 0) is 62.3 Å². The Balaban J connectivity index is 1.80. The largest absolute Gasteiger partial charge is 0.310 e. The molecule has 3 rings (SSSR count). The highest BCUT2D eigenvalue weighted by Gasteiger charge is 2.26. The summed E-state index contributed by atoms with van der Waals surface area (Å²) in [7, 11) is 4.21. The van der Waals surface area contributed by atoms with Crippen LogP contribution in [0.15, 0.2) is 60.7 Å². The maximum atomic E-state index is 13.4. The van der Waals surface area contributed by atoms with E-state index in [1.165, 1.54) is 16.7 Å². The Labute approximate surface area is 150 Å². The quantitative estimate of drug-likeness (QED) is 0.844. The van der Waals surface area contributed by atoms with Crippen LogP contribution < -0.4 is 5.32 Å². The maximum Gasteiger partial charge on any atom is 0.123 e. The van der Waals surface area contributed by atoms with Gasteiger partial charge in [-0.15, -0.1) is 0 Å². The Morgan fingerprint density at radius 2 is 1.80 bits per heavy atom. The number of rotatable bonds is 6. The molecule has 2 aromatic rings. The van der Waals surface area contributed by atoms with Gasteiger partial charge in [-0.2, -0.15) is 0 Å². The SMILES string of the molecule is CN(C)CCC(c1ccc(F)cc1)C1CC(c2ccccc2)=CCN1. The van der Waals surface area contributed by atoms with E-state index in [1.54, 1.807) is 12.1 Å². The van der Waals surface area contributed by atoms with E-state index < -0.39 is 0 Å². The van der Waals surface area contributed by atoms with Crippen LogP contribution in [-0.2, 0) is 0 Å². The van der Waals surface area contributed by atoms with Gasteiger partial charge >= 0.3 is 0 Å². The summed E-state index contributed by atoms with van der Waals surface area (Å²) in [4.78, 5) is 2.22. The van der Waals surface area contributed by atoms with Crippen molar-refractivity contribution in [3.05, 3.63) is 77.6 Å². The van der Waals surface area contributed by atoms with Crippen molar-refractivity contribution in [1.82, 2.24) is 10.2 Å². The van der Waals surface area contributed by atoms with Crippen LogP contribution in [-0.4, -0.2) is 38.1 Å². The van der Waals surface area contributed by atoms with E-state index in [-0.39, 0.29) is 5.82 Å². The van der Waals surface area contributed by atoms with Crippen LogP contribution >= 0.6 is 0 Å². The summed E-state index contributed by atoms with van der Waals surface area (Å²) in [6.07, 6.45) is 4.34. The fourth-order valence-corrected chi connectivity index (χ4v) is 3.61. The van der Waals surface area contributed by atoms with E-state index in [0.29, 0.717) is 12.0 Å². The molecule has 0 radical (unpaired) electrons. The molecule has 2 atom stereocenters. The van der Waals surface area contributed by atoms with Crippen molar-refractivity contribution in [2.75, 3.05) is 27.2 Å². The molecule has 0 aliphatic carbocycles. The van der Waals surface area contributed by atoms with Crippen LogP contribution in [0.3, 0.4) is 0 Å². The lowest BCUT2D eigenvalue weighted by atomic mass is 9.82. The first-order chi connectivity index (χ1) is 12.1. The van der Waals surface area contributed by atoms with Gasteiger partial charge in [0.05, 0.1) is 0 Å². The molecular formula is C22H27FN2. The molecule has 2 aromatic carbocycles. The Kier molecular flexibility index (Phi) is 6.00. The zero-order valence-corrected chi connectivity index (χ0v) is 15.1. The van der Waals surface area contributed by atoms with Crippen LogP contribution in [0.1, 0.15) is 29.9 Å². The third-order valence-corrected chi connectivity index (χ3v) is 4.98. The second-order valence-corrected chi connectivity index (χ2v) is 7.06. The average Bonchev–Trinajstić information content (AvgIpc) is 2.64. The van der Waals surface area contributed by atoms with Crippen molar-refractivity contribution < 1.29 is 4.39 Å². The van der Waals surface area contributed by atoms with Crippen molar-refractivity contribution in [3.8, 4) is 0 Å². The first-order valence-electron chi connectivity index (χ1n) is 9.01. The molecule has 0 fully saturated rings. The molecule has 2 nitrogen and oxygen atoms in total. The van der Waals surface area contributed by atoms with Crippen LogP contribution in [0.2, 0.25) is 0 Å². The number of hydrogen-bond acceptors (Lipinski definition) is 2. The van der Waals surface area contributed by atoms with Crippen molar-refractivity contribution in [3.63, 3.8) is 0 Å². The molecule has 3 heteroatoms. The van der Waals surface area contributed by atoms with Crippen molar-refractivity contribution in [2.45, 2.75) is 24.8 Å². The van der Waals surface area contributed by atoms with Crippen LogP contribution in [0.4, 0.5) is 4.39 Å². The van der Waals surface area contributed by atoms with Crippen molar-refractivity contribution >= 4 is 5.57 Å². The topological polar surface area (TPSA) is 15.3 Å². The summed E-state index contributed by atoms with van der Waals surface area (Å²) in [6, 6.07) is 18.0. The summed E-state index contributed by atoms with van der Waals surface area (Å²) in [5.41, 5.74) is 3.93. The molecule has 1 heterocycles. The monoisotopic (exact) mass is 338 g/mol. The van der Waals surface area contributed by atoms with E-state index in [2.05, 4.69) is 60.7 Å². The molecule has 1 aliphatic heterocycles. The molecule has 0 bridgehead atoms. The molecule has 0 aromatic heterocycles. The minimum atomic E-state index is -0.170. The van der Waals surface area contributed by atoms with Crippen LogP contribution in [0.5, 0.6) is 0 Å². The molecule has 1 N–H and O–H groups in total. The van der Waals surface area contributed by atoms with Gasteiger partial charge in [-0.3, -0.25) is 0 Å². The summed E-state index contributed by atoms with van der Waals surface area (Å²) in [6.45, 7) is 1.90. The van der Waals surface area contributed by atoms with E-state index >= 15 is 0 Å².